The molecular formula is C21H18F2N2O4S. The van der Waals surface area contributed by atoms with Gasteiger partial charge in [0.2, 0.25) is 0 Å². The van der Waals surface area contributed by atoms with Crippen molar-refractivity contribution in [2.45, 2.75) is 13.5 Å². The zero-order valence-electron chi connectivity index (χ0n) is 16.2. The van der Waals surface area contributed by atoms with Crippen LogP contribution in [0.15, 0.2) is 59.2 Å². The molecule has 0 saturated heterocycles. The number of hydrogen-bond donors (Lipinski definition) is 0. The molecule has 156 valence electrons. The minimum absolute atomic E-state index is 0.0238. The topological polar surface area (TPSA) is 68.2 Å². The number of amidine groups is 1. The summed E-state index contributed by atoms with van der Waals surface area (Å²) in [6.07, 6.45) is 1.63. The lowest BCUT2D eigenvalue weighted by atomic mass is 10.2. The third kappa shape index (κ3) is 5.24. The summed E-state index contributed by atoms with van der Waals surface area (Å²) in [5, 5.41) is 0.331. The number of rotatable bonds is 7. The van der Waals surface area contributed by atoms with E-state index in [4.69, 9.17) is 4.74 Å². The van der Waals surface area contributed by atoms with Crippen LogP contribution in [0.1, 0.15) is 12.5 Å². The zero-order valence-corrected chi connectivity index (χ0v) is 17.0. The molecule has 1 heterocycles. The summed E-state index contributed by atoms with van der Waals surface area (Å²) in [4.78, 5) is 30.2. The second-order valence-corrected chi connectivity index (χ2v) is 7.14. The summed E-state index contributed by atoms with van der Waals surface area (Å²) in [6.45, 7) is -1.49. The van der Waals surface area contributed by atoms with E-state index in [-0.39, 0.29) is 28.9 Å². The van der Waals surface area contributed by atoms with Gasteiger partial charge in [-0.3, -0.25) is 14.5 Å². The minimum atomic E-state index is -2.94. The molecular weight excluding hydrogens is 414 g/mol. The minimum Gasteiger partial charge on any atom is -0.497 e. The van der Waals surface area contributed by atoms with Crippen LogP contribution in [0.4, 0.5) is 14.5 Å². The first-order chi connectivity index (χ1) is 14.4. The number of hydrogen-bond acceptors (Lipinski definition) is 6. The van der Waals surface area contributed by atoms with Crippen LogP contribution >= 0.6 is 11.8 Å². The lowest BCUT2D eigenvalue weighted by molar-refractivity contribution is -0.115. The third-order valence-electron chi connectivity index (χ3n) is 3.97. The van der Waals surface area contributed by atoms with E-state index in [0.717, 1.165) is 17.3 Å². The fraction of sp³-hybridized carbons (Fsp3) is 0.190. The van der Waals surface area contributed by atoms with Crippen LogP contribution < -0.4 is 14.4 Å². The van der Waals surface area contributed by atoms with Gasteiger partial charge >= 0.3 is 6.61 Å². The van der Waals surface area contributed by atoms with E-state index in [0.29, 0.717) is 16.6 Å². The molecule has 30 heavy (non-hydrogen) atoms. The number of amides is 1. The maximum Gasteiger partial charge on any atom is 0.387 e. The number of methoxy groups -OCH3 is 1. The van der Waals surface area contributed by atoms with E-state index >= 15 is 0 Å². The lowest BCUT2D eigenvalue weighted by Crippen LogP contribution is -2.30. The van der Waals surface area contributed by atoms with Gasteiger partial charge in [0.1, 0.15) is 23.0 Å². The van der Waals surface area contributed by atoms with Gasteiger partial charge in [0.25, 0.3) is 5.91 Å². The van der Waals surface area contributed by atoms with Crippen LogP contribution in [0.3, 0.4) is 0 Å². The van der Waals surface area contributed by atoms with Crippen molar-refractivity contribution in [3.63, 3.8) is 0 Å². The number of carbonyl (C=O) groups excluding carboxylic acids is 2. The van der Waals surface area contributed by atoms with Gasteiger partial charge in [0.15, 0.2) is 5.17 Å². The standard InChI is InChI=1S/C21H18F2N2O4S/c1-13(26)12-30-21-24-18(11-14-3-7-16(28-2)8-4-14)19(27)25(21)15-5-9-17(10-6-15)29-20(22)23/h3-11,20H,12H2,1-2H3/b18-11+. The number of ether oxygens (including phenoxy) is 2. The number of carbonyl (C=O) groups is 2. The Morgan fingerprint density at radius 1 is 1.13 bits per heavy atom. The Bertz CT molecular complexity index is 989. The maximum absolute atomic E-state index is 13.0. The van der Waals surface area contributed by atoms with Crippen LogP contribution in [-0.2, 0) is 9.59 Å². The van der Waals surface area contributed by atoms with Crippen molar-refractivity contribution >= 4 is 40.4 Å². The Balaban J connectivity index is 1.90. The number of nitrogens with zero attached hydrogens (tertiary/aromatic N) is 2. The molecule has 0 atom stereocenters. The summed E-state index contributed by atoms with van der Waals surface area (Å²) in [5.74, 6) is 0.348. The van der Waals surface area contributed by atoms with Crippen molar-refractivity contribution in [1.82, 2.24) is 0 Å². The third-order valence-corrected chi connectivity index (χ3v) is 5.06. The number of alkyl halides is 2. The molecule has 1 amide bonds. The smallest absolute Gasteiger partial charge is 0.387 e. The average molecular weight is 432 g/mol. The highest BCUT2D eigenvalue weighted by Gasteiger charge is 2.32. The van der Waals surface area contributed by atoms with E-state index in [1.165, 1.54) is 36.1 Å². The molecule has 0 aliphatic carbocycles. The zero-order chi connectivity index (χ0) is 21.7. The molecule has 0 unspecified atom stereocenters. The van der Waals surface area contributed by atoms with Gasteiger partial charge in [-0.1, -0.05) is 23.9 Å². The van der Waals surface area contributed by atoms with Gasteiger partial charge in [0, 0.05) is 0 Å². The second kappa shape index (κ2) is 9.53. The molecule has 0 aromatic heterocycles. The number of ketones is 1. The quantitative estimate of drug-likeness (QED) is 0.608. The van der Waals surface area contributed by atoms with Crippen LogP contribution in [-0.4, -0.2) is 36.3 Å². The molecule has 0 fully saturated rings. The molecule has 0 N–H and O–H groups in total. The molecule has 6 nitrogen and oxygen atoms in total. The summed E-state index contributed by atoms with van der Waals surface area (Å²) in [7, 11) is 1.56. The molecule has 0 saturated carbocycles. The van der Waals surface area contributed by atoms with E-state index in [9.17, 15) is 18.4 Å². The molecule has 3 rings (SSSR count). The van der Waals surface area contributed by atoms with Crippen molar-refractivity contribution in [1.29, 1.82) is 0 Å². The van der Waals surface area contributed by atoms with E-state index in [1.54, 1.807) is 37.5 Å². The molecule has 1 aliphatic heterocycles. The van der Waals surface area contributed by atoms with Crippen molar-refractivity contribution in [3.8, 4) is 11.5 Å². The molecule has 1 aliphatic rings. The first-order valence-corrected chi connectivity index (χ1v) is 9.82. The van der Waals surface area contributed by atoms with Gasteiger partial charge in [-0.2, -0.15) is 8.78 Å². The molecule has 0 spiro atoms. The van der Waals surface area contributed by atoms with Gasteiger partial charge in [-0.15, -0.1) is 0 Å². The van der Waals surface area contributed by atoms with Crippen molar-refractivity contribution in [3.05, 3.63) is 59.8 Å². The summed E-state index contributed by atoms with van der Waals surface area (Å²) >= 11 is 1.13. The Hall–Kier alpha value is -3.20. The Morgan fingerprint density at radius 3 is 2.33 bits per heavy atom. The lowest BCUT2D eigenvalue weighted by Gasteiger charge is -2.18. The highest BCUT2D eigenvalue weighted by molar-refractivity contribution is 8.14. The Labute approximate surface area is 176 Å². The predicted octanol–water partition coefficient (Wildman–Crippen LogP) is 4.36. The molecule has 9 heteroatoms. The van der Waals surface area contributed by atoms with E-state index in [1.807, 2.05) is 0 Å². The number of aliphatic imine (C=N–C) groups is 1. The molecule has 0 radical (unpaired) electrons. The summed E-state index contributed by atoms with van der Waals surface area (Å²) in [6, 6.07) is 12.7. The van der Waals surface area contributed by atoms with Crippen LogP contribution in [0.2, 0.25) is 0 Å². The van der Waals surface area contributed by atoms with Crippen molar-refractivity contribution < 1.29 is 27.8 Å². The first-order valence-electron chi connectivity index (χ1n) is 8.83. The highest BCUT2D eigenvalue weighted by atomic mass is 32.2. The number of Topliss-reactive ketones (excluding diaryl/α,β-unsaturated/α-hetero) is 1. The monoisotopic (exact) mass is 432 g/mol. The second-order valence-electron chi connectivity index (χ2n) is 6.20. The summed E-state index contributed by atoms with van der Waals surface area (Å²) in [5.41, 5.74) is 1.37. The van der Waals surface area contributed by atoms with Crippen molar-refractivity contribution in [2.24, 2.45) is 4.99 Å². The predicted molar refractivity (Wildman–Crippen MR) is 112 cm³/mol. The van der Waals surface area contributed by atoms with Crippen LogP contribution in [0.25, 0.3) is 6.08 Å². The maximum atomic E-state index is 13.0. The van der Waals surface area contributed by atoms with Gasteiger partial charge < -0.3 is 9.47 Å². The molecule has 0 bridgehead atoms. The fourth-order valence-electron chi connectivity index (χ4n) is 2.62. The van der Waals surface area contributed by atoms with E-state index < -0.39 is 6.61 Å². The van der Waals surface area contributed by atoms with Gasteiger partial charge in [-0.25, -0.2) is 4.99 Å². The largest absolute Gasteiger partial charge is 0.497 e. The molecule has 2 aromatic rings. The average Bonchev–Trinajstić information content (AvgIpc) is 3.02. The van der Waals surface area contributed by atoms with Crippen LogP contribution in [0.5, 0.6) is 11.5 Å². The number of anilines is 1. The number of benzene rings is 2. The highest BCUT2D eigenvalue weighted by Crippen LogP contribution is 2.31. The number of thioether (sulfide) groups is 1. The Morgan fingerprint density at radius 2 is 1.77 bits per heavy atom. The number of halogens is 2. The van der Waals surface area contributed by atoms with Crippen molar-refractivity contribution in [2.75, 3.05) is 17.8 Å². The normalized spacial score (nSPS) is 15.0. The van der Waals surface area contributed by atoms with Gasteiger partial charge in [0.05, 0.1) is 18.6 Å². The summed E-state index contributed by atoms with van der Waals surface area (Å²) < 4.78 is 34.2. The molecule has 2 aromatic carbocycles. The Kier molecular flexibility index (Phi) is 6.83. The fourth-order valence-corrected chi connectivity index (χ4v) is 3.43. The van der Waals surface area contributed by atoms with E-state index in [2.05, 4.69) is 9.73 Å². The van der Waals surface area contributed by atoms with Crippen LogP contribution in [0, 0.1) is 0 Å². The first kappa shape index (κ1) is 21.5. The van der Waals surface area contributed by atoms with Gasteiger partial charge in [-0.05, 0) is 55.0 Å². The SMILES string of the molecule is COc1ccc(/C=C2/N=C(SCC(C)=O)N(c3ccc(OC(F)F)cc3)C2=O)cc1.